The number of H-pyrrole nitrogens is 1. The van der Waals surface area contributed by atoms with Crippen LogP contribution in [0.1, 0.15) is 58.1 Å². The number of rotatable bonds is 7. The van der Waals surface area contributed by atoms with Gasteiger partial charge >= 0.3 is 5.97 Å². The number of hydrogen-bond acceptors (Lipinski definition) is 5. The number of aromatic nitrogens is 2. The number of nitrogens with zero attached hydrogens (tertiary/aromatic N) is 2. The van der Waals surface area contributed by atoms with Crippen molar-refractivity contribution in [3.8, 4) is 0 Å². The van der Waals surface area contributed by atoms with Gasteiger partial charge in [-0.3, -0.25) is 14.6 Å². The Bertz CT molecular complexity index is 842. The molecule has 1 atom stereocenters. The Morgan fingerprint density at radius 2 is 1.96 bits per heavy atom. The molecule has 2 rings (SSSR count). The molecule has 1 amide bonds. The highest BCUT2D eigenvalue weighted by Gasteiger charge is 2.30. The number of esters is 1. The van der Waals surface area contributed by atoms with E-state index in [0.29, 0.717) is 22.5 Å². The van der Waals surface area contributed by atoms with Gasteiger partial charge in [0.05, 0.1) is 25.4 Å². The Kier molecular flexibility index (Phi) is 6.50. The standard InChI is InChI=1S/C20H25N3O4/c1-6-16(24)23(11-15-9-7-8-10-21-15)14(4)19(25)17-12(2)18(20(26)27-5)22-13(17)3/h7-10,14,22H,6,11H2,1-5H3/t14-/m0/s1. The third-order valence-corrected chi connectivity index (χ3v) is 4.60. The number of ether oxygens (including phenoxy) is 1. The minimum absolute atomic E-state index is 0.138. The number of carbonyl (C=O) groups excluding carboxylic acids is 3. The molecule has 0 spiro atoms. The molecule has 7 nitrogen and oxygen atoms in total. The first-order valence-corrected chi connectivity index (χ1v) is 8.82. The Labute approximate surface area is 158 Å². The Morgan fingerprint density at radius 1 is 1.26 bits per heavy atom. The summed E-state index contributed by atoms with van der Waals surface area (Å²) in [6.07, 6.45) is 1.93. The lowest BCUT2D eigenvalue weighted by Crippen LogP contribution is -2.43. The molecule has 0 unspecified atom stereocenters. The number of methoxy groups -OCH3 is 1. The van der Waals surface area contributed by atoms with E-state index in [-0.39, 0.29) is 30.3 Å². The van der Waals surface area contributed by atoms with E-state index < -0.39 is 12.0 Å². The summed E-state index contributed by atoms with van der Waals surface area (Å²) in [5.41, 5.74) is 2.47. The van der Waals surface area contributed by atoms with Crippen molar-refractivity contribution in [2.75, 3.05) is 7.11 Å². The molecule has 2 aromatic heterocycles. The lowest BCUT2D eigenvalue weighted by atomic mass is 9.99. The van der Waals surface area contributed by atoms with Crippen molar-refractivity contribution in [1.82, 2.24) is 14.9 Å². The fourth-order valence-corrected chi connectivity index (χ4v) is 3.09. The molecule has 2 aromatic rings. The maximum Gasteiger partial charge on any atom is 0.354 e. The van der Waals surface area contributed by atoms with Gasteiger partial charge in [-0.25, -0.2) is 4.79 Å². The fraction of sp³-hybridized carbons (Fsp3) is 0.400. The molecule has 7 heteroatoms. The van der Waals surface area contributed by atoms with E-state index in [1.165, 1.54) is 12.0 Å². The molecule has 0 saturated heterocycles. The molecule has 2 heterocycles. The van der Waals surface area contributed by atoms with E-state index in [1.54, 1.807) is 40.0 Å². The minimum atomic E-state index is -0.696. The largest absolute Gasteiger partial charge is 0.464 e. The van der Waals surface area contributed by atoms with Gasteiger partial charge in [-0.1, -0.05) is 13.0 Å². The lowest BCUT2D eigenvalue weighted by Gasteiger charge is -2.28. The lowest BCUT2D eigenvalue weighted by molar-refractivity contribution is -0.132. The van der Waals surface area contributed by atoms with Crippen LogP contribution >= 0.6 is 0 Å². The highest BCUT2D eigenvalue weighted by Crippen LogP contribution is 2.23. The van der Waals surface area contributed by atoms with E-state index >= 15 is 0 Å². The van der Waals surface area contributed by atoms with Gasteiger partial charge in [0.2, 0.25) is 5.91 Å². The van der Waals surface area contributed by atoms with Crippen LogP contribution in [0.15, 0.2) is 24.4 Å². The molecule has 1 N–H and O–H groups in total. The van der Waals surface area contributed by atoms with Crippen molar-refractivity contribution in [3.63, 3.8) is 0 Å². The number of aromatic amines is 1. The first-order chi connectivity index (χ1) is 12.8. The van der Waals surface area contributed by atoms with Crippen molar-refractivity contribution < 1.29 is 19.1 Å². The van der Waals surface area contributed by atoms with E-state index in [0.717, 1.165) is 0 Å². The van der Waals surface area contributed by atoms with Crippen LogP contribution in [-0.4, -0.2) is 45.7 Å². The van der Waals surface area contributed by atoms with Crippen LogP contribution in [0.3, 0.4) is 0 Å². The zero-order chi connectivity index (χ0) is 20.1. The van der Waals surface area contributed by atoms with Gasteiger partial charge in [-0.05, 0) is 38.5 Å². The van der Waals surface area contributed by atoms with Crippen LogP contribution in [0, 0.1) is 13.8 Å². The predicted octanol–water partition coefficient (Wildman–Crippen LogP) is 2.82. The first-order valence-electron chi connectivity index (χ1n) is 8.82. The zero-order valence-corrected chi connectivity index (χ0v) is 16.3. The third kappa shape index (κ3) is 4.24. The molecular formula is C20H25N3O4. The molecule has 0 bridgehead atoms. The van der Waals surface area contributed by atoms with Crippen LogP contribution in [0.25, 0.3) is 0 Å². The molecule has 0 aromatic carbocycles. The van der Waals surface area contributed by atoms with Crippen LogP contribution in [0.4, 0.5) is 0 Å². The normalized spacial score (nSPS) is 11.7. The number of hydrogen-bond donors (Lipinski definition) is 1. The number of ketones is 1. The van der Waals surface area contributed by atoms with Gasteiger partial charge in [0.15, 0.2) is 5.78 Å². The molecule has 144 valence electrons. The fourth-order valence-electron chi connectivity index (χ4n) is 3.09. The summed E-state index contributed by atoms with van der Waals surface area (Å²) in [4.78, 5) is 46.2. The molecule has 0 radical (unpaired) electrons. The number of Topliss-reactive ketones (excluding diaryl/α,β-unsaturated/α-hetero) is 1. The van der Waals surface area contributed by atoms with Crippen LogP contribution in [0.2, 0.25) is 0 Å². The van der Waals surface area contributed by atoms with Crippen LogP contribution in [-0.2, 0) is 16.1 Å². The highest BCUT2D eigenvalue weighted by atomic mass is 16.5. The molecule has 27 heavy (non-hydrogen) atoms. The second-order valence-electron chi connectivity index (χ2n) is 6.35. The smallest absolute Gasteiger partial charge is 0.354 e. The summed E-state index contributed by atoms with van der Waals surface area (Å²) in [7, 11) is 1.29. The zero-order valence-electron chi connectivity index (χ0n) is 16.3. The summed E-state index contributed by atoms with van der Waals surface area (Å²) >= 11 is 0. The summed E-state index contributed by atoms with van der Waals surface area (Å²) in [6, 6.07) is 4.75. The summed E-state index contributed by atoms with van der Waals surface area (Å²) < 4.78 is 4.75. The highest BCUT2D eigenvalue weighted by molar-refractivity contribution is 6.06. The molecule has 0 fully saturated rings. The maximum atomic E-state index is 13.2. The number of nitrogens with one attached hydrogen (secondary N) is 1. The predicted molar refractivity (Wildman–Crippen MR) is 100 cm³/mol. The molecular weight excluding hydrogens is 346 g/mol. The van der Waals surface area contributed by atoms with Gasteiger partial charge in [-0.2, -0.15) is 0 Å². The Balaban J connectivity index is 2.36. The van der Waals surface area contributed by atoms with Crippen molar-refractivity contribution in [2.24, 2.45) is 0 Å². The Hall–Kier alpha value is -2.96. The van der Waals surface area contributed by atoms with Gasteiger partial charge < -0.3 is 14.6 Å². The minimum Gasteiger partial charge on any atom is -0.464 e. The summed E-state index contributed by atoms with van der Waals surface area (Å²) in [5, 5.41) is 0. The quantitative estimate of drug-likeness (QED) is 0.597. The third-order valence-electron chi connectivity index (χ3n) is 4.60. The van der Waals surface area contributed by atoms with Crippen LogP contribution in [0.5, 0.6) is 0 Å². The number of aryl methyl sites for hydroxylation is 1. The second-order valence-corrected chi connectivity index (χ2v) is 6.35. The van der Waals surface area contributed by atoms with Gasteiger partial charge in [0, 0.05) is 23.9 Å². The van der Waals surface area contributed by atoms with E-state index in [1.807, 2.05) is 12.1 Å². The SMILES string of the molecule is CCC(=O)N(Cc1ccccn1)[C@@H](C)C(=O)c1c(C)[nH]c(C(=O)OC)c1C. The van der Waals surface area contributed by atoms with Gasteiger partial charge in [0.1, 0.15) is 5.69 Å². The molecule has 0 aliphatic rings. The maximum absolute atomic E-state index is 13.2. The van der Waals surface area contributed by atoms with E-state index in [2.05, 4.69) is 9.97 Å². The molecule has 0 aliphatic heterocycles. The number of pyridine rings is 1. The average Bonchev–Trinajstić information content (AvgIpc) is 2.98. The second kappa shape index (κ2) is 8.62. The van der Waals surface area contributed by atoms with Gasteiger partial charge in [0.25, 0.3) is 0 Å². The number of amides is 1. The van der Waals surface area contributed by atoms with Crippen molar-refractivity contribution >= 4 is 17.7 Å². The van der Waals surface area contributed by atoms with Crippen molar-refractivity contribution in [3.05, 3.63) is 52.6 Å². The van der Waals surface area contributed by atoms with Gasteiger partial charge in [-0.15, -0.1) is 0 Å². The van der Waals surface area contributed by atoms with E-state index in [4.69, 9.17) is 4.74 Å². The summed E-state index contributed by atoms with van der Waals surface area (Å²) in [5.74, 6) is -0.896. The molecule has 0 aliphatic carbocycles. The van der Waals surface area contributed by atoms with Crippen LogP contribution < -0.4 is 0 Å². The van der Waals surface area contributed by atoms with Crippen molar-refractivity contribution in [1.29, 1.82) is 0 Å². The topological polar surface area (TPSA) is 92.4 Å². The Morgan fingerprint density at radius 3 is 2.52 bits per heavy atom. The first kappa shape index (κ1) is 20.4. The molecule has 0 saturated carbocycles. The number of carbonyl (C=O) groups is 3. The van der Waals surface area contributed by atoms with Crippen molar-refractivity contribution in [2.45, 2.75) is 46.7 Å². The monoisotopic (exact) mass is 371 g/mol. The summed E-state index contributed by atoms with van der Waals surface area (Å²) in [6.45, 7) is 7.12. The van der Waals surface area contributed by atoms with E-state index in [9.17, 15) is 14.4 Å². The average molecular weight is 371 g/mol.